The summed E-state index contributed by atoms with van der Waals surface area (Å²) in [6.45, 7) is 0. The summed E-state index contributed by atoms with van der Waals surface area (Å²) in [4.78, 5) is 16.5. The number of fused-ring (bicyclic) bond motifs is 1. The number of carbonyl (C=O) groups excluding carboxylic acids is 1. The molecule has 0 aliphatic carbocycles. The molecule has 0 unspecified atom stereocenters. The lowest BCUT2D eigenvalue weighted by Gasteiger charge is -1.96. The fourth-order valence-corrected chi connectivity index (χ4v) is 2.98. The number of para-hydroxylation sites is 1. The number of carbonyl (C=O) groups is 1. The van der Waals surface area contributed by atoms with E-state index in [4.69, 9.17) is 11.6 Å². The molecule has 0 amide bonds. The van der Waals surface area contributed by atoms with Gasteiger partial charge < -0.3 is 5.11 Å². The molecule has 0 spiro atoms. The van der Waals surface area contributed by atoms with Crippen LogP contribution in [0.4, 0.5) is 0 Å². The van der Waals surface area contributed by atoms with Crippen LogP contribution >= 0.6 is 22.9 Å². The van der Waals surface area contributed by atoms with E-state index in [-0.39, 0.29) is 11.5 Å². The van der Waals surface area contributed by atoms with Gasteiger partial charge in [0.05, 0.1) is 9.72 Å². The van der Waals surface area contributed by atoms with Crippen LogP contribution in [0.15, 0.2) is 42.5 Å². The van der Waals surface area contributed by atoms with Crippen LogP contribution in [0.5, 0.6) is 5.75 Å². The van der Waals surface area contributed by atoms with E-state index in [1.807, 2.05) is 12.1 Å². The molecular formula is C14H8ClNO2S. The van der Waals surface area contributed by atoms with Gasteiger partial charge in [0.2, 0.25) is 5.78 Å². The number of aromatic nitrogens is 1. The Kier molecular flexibility index (Phi) is 2.97. The van der Waals surface area contributed by atoms with Gasteiger partial charge in [-0.3, -0.25) is 4.79 Å². The standard InChI is InChI=1S/C14H8ClNO2S/c15-10-2-1-3-11-12(10)16-14(19-11)13(18)8-4-6-9(17)7-5-8/h1-7,17H. The maximum absolute atomic E-state index is 12.3. The Labute approximate surface area is 118 Å². The Balaban J connectivity index is 2.06. The fraction of sp³-hybridized carbons (Fsp3) is 0. The molecule has 5 heteroatoms. The maximum Gasteiger partial charge on any atom is 0.221 e. The number of benzene rings is 2. The molecule has 2 aromatic carbocycles. The zero-order chi connectivity index (χ0) is 13.4. The number of rotatable bonds is 2. The summed E-state index contributed by atoms with van der Waals surface area (Å²) in [6.07, 6.45) is 0. The summed E-state index contributed by atoms with van der Waals surface area (Å²) in [7, 11) is 0. The van der Waals surface area contributed by atoms with Crippen LogP contribution < -0.4 is 0 Å². The van der Waals surface area contributed by atoms with E-state index in [9.17, 15) is 9.90 Å². The summed E-state index contributed by atoms with van der Waals surface area (Å²) in [5.41, 5.74) is 1.14. The second-order valence-electron chi connectivity index (χ2n) is 3.98. The first kappa shape index (κ1) is 12.1. The summed E-state index contributed by atoms with van der Waals surface area (Å²) in [5.74, 6) is -0.0406. The van der Waals surface area contributed by atoms with Crippen LogP contribution in [0.1, 0.15) is 15.4 Å². The highest BCUT2D eigenvalue weighted by Gasteiger charge is 2.15. The van der Waals surface area contributed by atoms with Gasteiger partial charge in [-0.15, -0.1) is 11.3 Å². The first-order valence-corrected chi connectivity index (χ1v) is 6.73. The van der Waals surface area contributed by atoms with Crippen LogP contribution in [-0.2, 0) is 0 Å². The molecule has 1 aromatic heterocycles. The minimum absolute atomic E-state index is 0.129. The SMILES string of the molecule is O=C(c1ccc(O)cc1)c1nc2c(Cl)cccc2s1. The van der Waals surface area contributed by atoms with Gasteiger partial charge in [-0.1, -0.05) is 17.7 Å². The Morgan fingerprint density at radius 1 is 1.16 bits per heavy atom. The Morgan fingerprint density at radius 3 is 2.58 bits per heavy atom. The van der Waals surface area contributed by atoms with Gasteiger partial charge in [0.25, 0.3) is 0 Å². The van der Waals surface area contributed by atoms with Crippen molar-refractivity contribution in [2.24, 2.45) is 0 Å². The van der Waals surface area contributed by atoms with Crippen LogP contribution in [0.2, 0.25) is 5.02 Å². The van der Waals surface area contributed by atoms with Crippen molar-refractivity contribution in [3.8, 4) is 5.75 Å². The second kappa shape index (κ2) is 4.64. The molecule has 94 valence electrons. The van der Waals surface area contributed by atoms with Gasteiger partial charge in [-0.2, -0.15) is 0 Å². The average Bonchev–Trinajstić information content (AvgIpc) is 2.84. The van der Waals surface area contributed by atoms with E-state index < -0.39 is 0 Å². The van der Waals surface area contributed by atoms with Crippen molar-refractivity contribution >= 4 is 38.9 Å². The average molecular weight is 290 g/mol. The molecule has 0 aliphatic heterocycles. The molecule has 3 rings (SSSR count). The number of thiazole rings is 1. The zero-order valence-corrected chi connectivity index (χ0v) is 11.2. The minimum Gasteiger partial charge on any atom is -0.508 e. The second-order valence-corrected chi connectivity index (χ2v) is 5.42. The van der Waals surface area contributed by atoms with Crippen molar-refractivity contribution in [1.29, 1.82) is 0 Å². The van der Waals surface area contributed by atoms with Crippen molar-refractivity contribution in [2.45, 2.75) is 0 Å². The largest absolute Gasteiger partial charge is 0.508 e. The summed E-state index contributed by atoms with van der Waals surface area (Å²) < 4.78 is 0.884. The molecule has 1 heterocycles. The lowest BCUT2D eigenvalue weighted by atomic mass is 10.1. The molecule has 3 nitrogen and oxygen atoms in total. The van der Waals surface area contributed by atoms with Crippen molar-refractivity contribution in [1.82, 2.24) is 4.98 Å². The highest BCUT2D eigenvalue weighted by molar-refractivity contribution is 7.20. The van der Waals surface area contributed by atoms with Crippen LogP contribution in [0.3, 0.4) is 0 Å². The molecule has 3 aromatic rings. The number of aromatic hydroxyl groups is 1. The smallest absolute Gasteiger partial charge is 0.221 e. The molecule has 0 radical (unpaired) electrons. The quantitative estimate of drug-likeness (QED) is 0.728. The highest BCUT2D eigenvalue weighted by Crippen LogP contribution is 2.29. The summed E-state index contributed by atoms with van der Waals surface area (Å²) in [6, 6.07) is 11.6. The van der Waals surface area contributed by atoms with Gasteiger partial charge in [-0.05, 0) is 36.4 Å². The fourth-order valence-electron chi connectivity index (χ4n) is 1.75. The molecule has 0 saturated carbocycles. The zero-order valence-electron chi connectivity index (χ0n) is 9.63. The van der Waals surface area contributed by atoms with Crippen molar-refractivity contribution in [3.63, 3.8) is 0 Å². The molecule has 0 atom stereocenters. The highest BCUT2D eigenvalue weighted by atomic mass is 35.5. The third-order valence-corrected chi connectivity index (χ3v) is 4.02. The van der Waals surface area contributed by atoms with E-state index in [1.54, 1.807) is 18.2 Å². The summed E-state index contributed by atoms with van der Waals surface area (Å²) in [5, 5.41) is 10.2. The third kappa shape index (κ3) is 2.20. The molecule has 0 aliphatic rings. The van der Waals surface area contributed by atoms with Gasteiger partial charge >= 0.3 is 0 Å². The van der Waals surface area contributed by atoms with E-state index in [1.165, 1.54) is 23.5 Å². The monoisotopic (exact) mass is 289 g/mol. The van der Waals surface area contributed by atoms with Crippen molar-refractivity contribution in [3.05, 3.63) is 58.1 Å². The van der Waals surface area contributed by atoms with Crippen molar-refractivity contribution in [2.75, 3.05) is 0 Å². The normalized spacial score (nSPS) is 10.8. The number of phenolic OH excluding ortho intramolecular Hbond substituents is 1. The number of nitrogens with zero attached hydrogens (tertiary/aromatic N) is 1. The van der Waals surface area contributed by atoms with Crippen molar-refractivity contribution < 1.29 is 9.90 Å². The number of phenols is 1. The Bertz CT molecular complexity index is 765. The molecular weight excluding hydrogens is 282 g/mol. The molecule has 0 saturated heterocycles. The number of ketones is 1. The van der Waals surface area contributed by atoms with Gasteiger partial charge in [0.15, 0.2) is 5.01 Å². The first-order valence-electron chi connectivity index (χ1n) is 5.54. The predicted octanol–water partition coefficient (Wildman–Crippen LogP) is 3.89. The molecule has 1 N–H and O–H groups in total. The lowest BCUT2D eigenvalue weighted by Crippen LogP contribution is -1.99. The predicted molar refractivity (Wildman–Crippen MR) is 76.2 cm³/mol. The topological polar surface area (TPSA) is 50.2 Å². The molecule has 19 heavy (non-hydrogen) atoms. The minimum atomic E-state index is -0.169. The third-order valence-electron chi connectivity index (χ3n) is 2.69. The number of hydrogen-bond acceptors (Lipinski definition) is 4. The van der Waals surface area contributed by atoms with Crippen LogP contribution in [0.25, 0.3) is 10.2 Å². The first-order chi connectivity index (χ1) is 9.15. The Morgan fingerprint density at radius 2 is 1.89 bits per heavy atom. The summed E-state index contributed by atoms with van der Waals surface area (Å²) >= 11 is 7.35. The number of halogens is 1. The molecule has 0 fully saturated rings. The Hall–Kier alpha value is -1.91. The maximum atomic E-state index is 12.3. The van der Waals surface area contributed by atoms with Gasteiger partial charge in [0.1, 0.15) is 11.3 Å². The lowest BCUT2D eigenvalue weighted by molar-refractivity contribution is 0.103. The van der Waals surface area contributed by atoms with Crippen LogP contribution in [0, 0.1) is 0 Å². The van der Waals surface area contributed by atoms with Gasteiger partial charge in [0, 0.05) is 5.56 Å². The van der Waals surface area contributed by atoms with E-state index >= 15 is 0 Å². The number of hydrogen-bond donors (Lipinski definition) is 1. The van der Waals surface area contributed by atoms with E-state index in [2.05, 4.69) is 4.98 Å². The van der Waals surface area contributed by atoms with Crippen LogP contribution in [-0.4, -0.2) is 15.9 Å². The molecule has 0 bridgehead atoms. The van der Waals surface area contributed by atoms with Gasteiger partial charge in [-0.25, -0.2) is 4.98 Å². The van der Waals surface area contributed by atoms with E-state index in [0.29, 0.717) is 21.1 Å². The van der Waals surface area contributed by atoms with E-state index in [0.717, 1.165) is 4.70 Å².